The fourth-order valence-corrected chi connectivity index (χ4v) is 5.65. The van der Waals surface area contributed by atoms with Crippen LogP contribution in [0.15, 0.2) is 54.6 Å². The molecule has 2 aromatic heterocycles. The molecule has 3 amide bonds. The first-order valence-corrected chi connectivity index (χ1v) is 15.6. The highest BCUT2D eigenvalue weighted by molar-refractivity contribution is 5.97. The Labute approximate surface area is 277 Å². The molecular formula is C35H40F2N6O5. The first-order valence-electron chi connectivity index (χ1n) is 15.6. The number of nitrogens with zero attached hydrogens (tertiary/aromatic N) is 4. The average molecular weight is 663 g/mol. The summed E-state index contributed by atoms with van der Waals surface area (Å²) in [6.45, 7) is 6.91. The topological polar surface area (TPSA) is 132 Å². The fraction of sp³-hybridized carbons (Fsp3) is 0.371. The summed E-state index contributed by atoms with van der Waals surface area (Å²) in [6, 6.07) is 12.5. The van der Waals surface area contributed by atoms with Gasteiger partial charge in [0, 0.05) is 43.0 Å². The molecule has 254 valence electrons. The Morgan fingerprint density at radius 1 is 1.06 bits per heavy atom. The van der Waals surface area contributed by atoms with E-state index in [9.17, 15) is 23.2 Å². The Balaban J connectivity index is 1.41. The number of carbonyl (C=O) groups is 3. The summed E-state index contributed by atoms with van der Waals surface area (Å²) < 4.78 is 41.5. The van der Waals surface area contributed by atoms with Gasteiger partial charge in [0.2, 0.25) is 5.91 Å². The molecule has 2 heterocycles. The number of benzene rings is 2. The maximum absolute atomic E-state index is 14.4. The smallest absolute Gasteiger partial charge is 0.420 e. The van der Waals surface area contributed by atoms with Crippen molar-refractivity contribution in [1.29, 1.82) is 0 Å². The molecule has 1 aliphatic rings. The number of fused-ring (bicyclic) bond motifs is 3. The van der Waals surface area contributed by atoms with E-state index in [1.54, 1.807) is 49.2 Å². The predicted octanol–water partition coefficient (Wildman–Crippen LogP) is 6.34. The minimum Gasteiger partial charge on any atom is -0.444 e. The van der Waals surface area contributed by atoms with Crippen LogP contribution in [0.1, 0.15) is 50.9 Å². The number of aryl methyl sites for hydroxylation is 1. The van der Waals surface area contributed by atoms with Crippen LogP contribution in [-0.4, -0.2) is 57.3 Å². The maximum Gasteiger partial charge on any atom is 0.420 e. The Morgan fingerprint density at radius 2 is 1.77 bits per heavy atom. The van der Waals surface area contributed by atoms with E-state index in [0.717, 1.165) is 40.1 Å². The quantitative estimate of drug-likeness (QED) is 0.236. The summed E-state index contributed by atoms with van der Waals surface area (Å²) in [5.74, 6) is -2.39. The molecule has 0 saturated carbocycles. The Hall–Kier alpha value is -5.04. The molecule has 0 bridgehead atoms. The van der Waals surface area contributed by atoms with Gasteiger partial charge >= 0.3 is 12.2 Å². The van der Waals surface area contributed by atoms with Gasteiger partial charge in [0.1, 0.15) is 23.7 Å². The third kappa shape index (κ3) is 7.41. The summed E-state index contributed by atoms with van der Waals surface area (Å²) in [5, 5.41) is 3.54. The number of aromatic nitrogens is 2. The van der Waals surface area contributed by atoms with Crippen molar-refractivity contribution in [2.75, 3.05) is 17.3 Å². The van der Waals surface area contributed by atoms with Crippen LogP contribution in [0.3, 0.4) is 0 Å². The third-order valence-electron chi connectivity index (χ3n) is 8.21. The van der Waals surface area contributed by atoms with Gasteiger partial charge < -0.3 is 30.0 Å². The molecule has 11 nitrogen and oxygen atoms in total. The average Bonchev–Trinajstić information content (AvgIpc) is 3.31. The molecule has 0 fully saturated rings. The number of nitrogens with one attached hydrogen (secondary N) is 1. The lowest BCUT2D eigenvalue weighted by Gasteiger charge is -2.33. The van der Waals surface area contributed by atoms with Crippen molar-refractivity contribution in [3.8, 4) is 0 Å². The highest BCUT2D eigenvalue weighted by atomic mass is 19.2. The van der Waals surface area contributed by atoms with E-state index in [0.29, 0.717) is 29.7 Å². The van der Waals surface area contributed by atoms with Gasteiger partial charge in [-0.2, -0.15) is 0 Å². The molecular weight excluding hydrogens is 622 g/mol. The minimum atomic E-state index is -1.13. The number of anilines is 3. The van der Waals surface area contributed by atoms with E-state index < -0.39 is 29.4 Å². The number of nitrogens with two attached hydrogens (primary N) is 1. The second-order valence-corrected chi connectivity index (χ2v) is 13.0. The van der Waals surface area contributed by atoms with Crippen LogP contribution >= 0.6 is 0 Å². The van der Waals surface area contributed by atoms with Gasteiger partial charge in [-0.25, -0.2) is 28.3 Å². The lowest BCUT2D eigenvalue weighted by atomic mass is 9.91. The number of halogens is 2. The van der Waals surface area contributed by atoms with Crippen LogP contribution in [0.4, 0.5) is 35.6 Å². The zero-order valence-electron chi connectivity index (χ0n) is 27.8. The fourth-order valence-electron chi connectivity index (χ4n) is 5.65. The summed E-state index contributed by atoms with van der Waals surface area (Å²) >= 11 is 0. The van der Waals surface area contributed by atoms with Gasteiger partial charge in [0.05, 0.1) is 11.7 Å². The lowest BCUT2D eigenvalue weighted by molar-refractivity contribution is -0.117. The molecule has 0 saturated heterocycles. The number of hydrogen-bond acceptors (Lipinski definition) is 7. The van der Waals surface area contributed by atoms with Crippen LogP contribution < -0.4 is 16.0 Å². The van der Waals surface area contributed by atoms with Crippen molar-refractivity contribution in [3.63, 3.8) is 0 Å². The van der Waals surface area contributed by atoms with Crippen LogP contribution in [-0.2, 0) is 40.8 Å². The molecule has 1 aliphatic carbocycles. The zero-order chi connectivity index (χ0) is 34.9. The van der Waals surface area contributed by atoms with Gasteiger partial charge in [-0.15, -0.1) is 0 Å². The molecule has 13 heteroatoms. The number of carbonyl (C=O) groups excluding carboxylic acids is 3. The summed E-state index contributed by atoms with van der Waals surface area (Å²) in [7, 11) is 3.63. The summed E-state index contributed by atoms with van der Waals surface area (Å²) in [5.41, 5.74) is 8.86. The lowest BCUT2D eigenvalue weighted by Crippen LogP contribution is -2.43. The van der Waals surface area contributed by atoms with E-state index in [2.05, 4.69) is 5.32 Å². The van der Waals surface area contributed by atoms with Crippen molar-refractivity contribution >= 4 is 46.3 Å². The van der Waals surface area contributed by atoms with Crippen molar-refractivity contribution in [3.05, 3.63) is 83.1 Å². The molecule has 0 spiro atoms. The molecule has 4 aromatic rings. The second-order valence-electron chi connectivity index (χ2n) is 13.0. The van der Waals surface area contributed by atoms with Gasteiger partial charge in [-0.3, -0.25) is 4.79 Å². The molecule has 1 unspecified atom stereocenters. The number of rotatable bonds is 7. The molecule has 0 radical (unpaired) electrons. The molecule has 3 N–H and O–H groups in total. The van der Waals surface area contributed by atoms with Crippen molar-refractivity contribution in [2.24, 2.45) is 12.8 Å². The van der Waals surface area contributed by atoms with Crippen LogP contribution in [0.2, 0.25) is 0 Å². The highest BCUT2D eigenvalue weighted by Crippen LogP contribution is 2.35. The number of amides is 3. The second kappa shape index (κ2) is 13.6. The van der Waals surface area contributed by atoms with Crippen LogP contribution in [0.25, 0.3) is 11.0 Å². The zero-order valence-corrected chi connectivity index (χ0v) is 27.8. The van der Waals surface area contributed by atoms with Gasteiger partial charge in [0.15, 0.2) is 11.6 Å². The highest BCUT2D eigenvalue weighted by Gasteiger charge is 2.32. The number of likely N-dealkylation sites (N-methyl/N-ethyl adjacent to an activating group) is 1. The molecule has 5 rings (SSSR count). The van der Waals surface area contributed by atoms with E-state index in [-0.39, 0.29) is 36.2 Å². The molecule has 48 heavy (non-hydrogen) atoms. The SMILES string of the molecule is C[C@H](N)C(=O)Nc1ccc(COC(=O)N(c2ccc(F)c(F)c2)c2ccc3c4c(n(C)c3n2)CCC(N(C)C(=O)OC(C)(C)C)C4)cc1. The maximum atomic E-state index is 14.4. The van der Waals surface area contributed by atoms with Crippen LogP contribution in [0, 0.1) is 11.6 Å². The van der Waals surface area contributed by atoms with Crippen molar-refractivity contribution < 1.29 is 32.6 Å². The first kappa shape index (κ1) is 34.3. The first-order chi connectivity index (χ1) is 22.6. The van der Waals surface area contributed by atoms with Gasteiger partial charge in [-0.05, 0) is 94.5 Å². The Morgan fingerprint density at radius 3 is 2.42 bits per heavy atom. The molecule has 0 aliphatic heterocycles. The van der Waals surface area contributed by atoms with Crippen LogP contribution in [0.5, 0.6) is 0 Å². The summed E-state index contributed by atoms with van der Waals surface area (Å²) in [6.07, 6.45) is 0.762. The number of pyridine rings is 1. The molecule has 2 atom stereocenters. The standard InChI is InChI=1S/C35H40F2N6O5/c1-20(38)32(44)39-22-9-7-21(8-10-22)19-47-34(46)43(24-11-14-27(36)28(37)18-24)30-16-13-25-26-17-23(41(5)33(45)48-35(2,3)4)12-15-29(26)42(6)31(25)40-30/h7-11,13-14,16,18,20,23H,12,15,17,19,38H2,1-6H3,(H,39,44)/t20-,23?/m0/s1. The number of hydrogen-bond donors (Lipinski definition) is 2. The Bertz CT molecular complexity index is 1850. The minimum absolute atomic E-state index is 0.0257. The van der Waals surface area contributed by atoms with E-state index >= 15 is 0 Å². The Kier molecular flexibility index (Phi) is 9.71. The van der Waals surface area contributed by atoms with E-state index in [4.69, 9.17) is 20.2 Å². The number of ether oxygens (including phenoxy) is 2. The largest absolute Gasteiger partial charge is 0.444 e. The van der Waals surface area contributed by atoms with Crippen molar-refractivity contribution in [2.45, 2.75) is 71.2 Å². The predicted molar refractivity (Wildman–Crippen MR) is 178 cm³/mol. The van der Waals surface area contributed by atoms with Crippen molar-refractivity contribution in [1.82, 2.24) is 14.5 Å². The third-order valence-corrected chi connectivity index (χ3v) is 8.21. The molecule has 2 aromatic carbocycles. The van der Waals surface area contributed by atoms with Gasteiger partial charge in [-0.1, -0.05) is 12.1 Å². The van der Waals surface area contributed by atoms with Gasteiger partial charge in [0.25, 0.3) is 0 Å². The normalized spacial score (nSPS) is 15.0. The van der Waals surface area contributed by atoms with E-state index in [1.807, 2.05) is 38.5 Å². The monoisotopic (exact) mass is 662 g/mol. The van der Waals surface area contributed by atoms with E-state index in [1.165, 1.54) is 6.07 Å². The summed E-state index contributed by atoms with van der Waals surface area (Å²) in [4.78, 5) is 45.8.